The van der Waals surface area contributed by atoms with E-state index in [9.17, 15) is 9.18 Å². The van der Waals surface area contributed by atoms with Gasteiger partial charge in [0.1, 0.15) is 5.82 Å². The summed E-state index contributed by atoms with van der Waals surface area (Å²) < 4.78 is 13.3. The van der Waals surface area contributed by atoms with E-state index in [0.717, 1.165) is 17.1 Å². The van der Waals surface area contributed by atoms with Gasteiger partial charge < -0.3 is 15.1 Å². The maximum atomic E-state index is 13.3. The summed E-state index contributed by atoms with van der Waals surface area (Å²) in [5.74, 6) is 0.427. The first-order valence-electron chi connectivity index (χ1n) is 10.4. The molecule has 4 rings (SSSR count). The molecule has 1 aromatic heterocycles. The molecule has 160 valence electrons. The minimum atomic E-state index is -0.374. The van der Waals surface area contributed by atoms with Crippen molar-refractivity contribution >= 4 is 17.5 Å². The highest BCUT2D eigenvalue weighted by Gasteiger charge is 2.22. The number of benzene rings is 2. The van der Waals surface area contributed by atoms with Crippen LogP contribution in [0.5, 0.6) is 0 Å². The molecule has 0 bridgehead atoms. The maximum Gasteiger partial charge on any atom is 0.321 e. The first kappa shape index (κ1) is 20.8. The lowest BCUT2D eigenvalue weighted by molar-refractivity contribution is 0.208. The van der Waals surface area contributed by atoms with Crippen LogP contribution in [0.4, 0.5) is 20.7 Å². The molecule has 1 fully saturated rings. The van der Waals surface area contributed by atoms with Gasteiger partial charge in [0.2, 0.25) is 0 Å². The number of piperazine rings is 1. The third-order valence-electron chi connectivity index (χ3n) is 5.73. The Morgan fingerprint density at radius 3 is 2.32 bits per heavy atom. The molecule has 0 spiro atoms. The Kier molecular flexibility index (Phi) is 5.84. The molecular weight excluding hydrogens is 393 g/mol. The van der Waals surface area contributed by atoms with Crippen molar-refractivity contribution in [2.45, 2.75) is 20.8 Å². The quantitative estimate of drug-likeness (QED) is 0.676. The van der Waals surface area contributed by atoms with Crippen LogP contribution in [0.1, 0.15) is 16.7 Å². The smallest absolute Gasteiger partial charge is 0.321 e. The predicted molar refractivity (Wildman–Crippen MR) is 121 cm³/mol. The van der Waals surface area contributed by atoms with Gasteiger partial charge in [-0.25, -0.2) is 9.18 Å². The van der Waals surface area contributed by atoms with Gasteiger partial charge in [-0.15, -0.1) is 10.2 Å². The molecule has 1 saturated heterocycles. The molecule has 31 heavy (non-hydrogen) atoms. The molecule has 7 heteroatoms. The second-order valence-electron chi connectivity index (χ2n) is 7.94. The van der Waals surface area contributed by atoms with Crippen molar-refractivity contribution in [1.29, 1.82) is 0 Å². The summed E-state index contributed by atoms with van der Waals surface area (Å²) in [6, 6.07) is 14.0. The zero-order valence-corrected chi connectivity index (χ0v) is 18.0. The highest BCUT2D eigenvalue weighted by Crippen LogP contribution is 2.25. The molecule has 0 unspecified atom stereocenters. The van der Waals surface area contributed by atoms with Gasteiger partial charge in [-0.3, -0.25) is 0 Å². The van der Waals surface area contributed by atoms with E-state index in [4.69, 9.17) is 0 Å². The van der Waals surface area contributed by atoms with E-state index in [1.54, 1.807) is 17.0 Å². The molecule has 1 aliphatic rings. The van der Waals surface area contributed by atoms with Crippen molar-refractivity contribution < 1.29 is 9.18 Å². The van der Waals surface area contributed by atoms with Gasteiger partial charge in [0.05, 0.1) is 5.69 Å². The van der Waals surface area contributed by atoms with Crippen LogP contribution in [0.15, 0.2) is 48.5 Å². The Morgan fingerprint density at radius 1 is 0.903 bits per heavy atom. The molecule has 0 aliphatic carbocycles. The first-order valence-corrected chi connectivity index (χ1v) is 10.4. The number of halogens is 1. The van der Waals surface area contributed by atoms with E-state index in [-0.39, 0.29) is 11.8 Å². The van der Waals surface area contributed by atoms with Crippen molar-refractivity contribution in [3.8, 4) is 11.3 Å². The Morgan fingerprint density at radius 2 is 1.65 bits per heavy atom. The molecule has 0 atom stereocenters. The Hall–Kier alpha value is -3.48. The minimum absolute atomic E-state index is 0.225. The molecule has 2 heterocycles. The molecule has 0 radical (unpaired) electrons. The highest BCUT2D eigenvalue weighted by atomic mass is 19.1. The number of aromatic nitrogens is 2. The molecule has 6 nitrogen and oxygen atoms in total. The lowest BCUT2D eigenvalue weighted by atomic mass is 9.99. The summed E-state index contributed by atoms with van der Waals surface area (Å²) in [6.45, 7) is 8.73. The number of carbonyl (C=O) groups excluding carboxylic acids is 1. The fourth-order valence-electron chi connectivity index (χ4n) is 3.78. The average molecular weight is 420 g/mol. The number of carbonyl (C=O) groups is 1. The second kappa shape index (κ2) is 8.71. The lowest BCUT2D eigenvalue weighted by Gasteiger charge is -2.35. The minimum Gasteiger partial charge on any atom is -0.352 e. The molecule has 2 amide bonds. The number of hydrogen-bond donors (Lipinski definition) is 1. The fraction of sp³-hybridized carbons (Fsp3) is 0.292. The van der Waals surface area contributed by atoms with E-state index in [1.807, 2.05) is 12.1 Å². The number of urea groups is 1. The SMILES string of the molecule is Cc1cc(C)c(-c2ccc(N3CCN(C(=O)Nc4cccc(F)c4)CC3)nn2)cc1C. The number of amides is 2. The molecule has 1 N–H and O–H groups in total. The average Bonchev–Trinajstić information content (AvgIpc) is 2.76. The fourth-order valence-corrected chi connectivity index (χ4v) is 3.78. The summed E-state index contributed by atoms with van der Waals surface area (Å²) in [6.07, 6.45) is 0. The van der Waals surface area contributed by atoms with Crippen LogP contribution in [0.2, 0.25) is 0 Å². The van der Waals surface area contributed by atoms with Gasteiger partial charge in [0, 0.05) is 37.4 Å². The van der Waals surface area contributed by atoms with E-state index in [1.165, 1.54) is 28.8 Å². The van der Waals surface area contributed by atoms with Crippen LogP contribution in [-0.4, -0.2) is 47.3 Å². The Bertz CT molecular complexity index is 1090. The number of nitrogens with one attached hydrogen (secondary N) is 1. The molecule has 2 aromatic carbocycles. The largest absolute Gasteiger partial charge is 0.352 e. The van der Waals surface area contributed by atoms with Gasteiger partial charge in [0.25, 0.3) is 0 Å². The van der Waals surface area contributed by atoms with Crippen LogP contribution in [0.3, 0.4) is 0 Å². The van der Waals surface area contributed by atoms with Gasteiger partial charge in [-0.05, 0) is 73.9 Å². The van der Waals surface area contributed by atoms with Gasteiger partial charge in [0.15, 0.2) is 5.82 Å². The zero-order valence-electron chi connectivity index (χ0n) is 18.0. The van der Waals surface area contributed by atoms with Crippen LogP contribution in [-0.2, 0) is 0 Å². The summed E-state index contributed by atoms with van der Waals surface area (Å²) in [5.41, 5.74) is 6.10. The van der Waals surface area contributed by atoms with Crippen LogP contribution < -0.4 is 10.2 Å². The zero-order chi connectivity index (χ0) is 22.0. The summed E-state index contributed by atoms with van der Waals surface area (Å²) in [5, 5.41) is 11.6. The van der Waals surface area contributed by atoms with E-state index < -0.39 is 0 Å². The van der Waals surface area contributed by atoms with Crippen molar-refractivity contribution in [3.63, 3.8) is 0 Å². The van der Waals surface area contributed by atoms with Crippen LogP contribution in [0.25, 0.3) is 11.3 Å². The third-order valence-corrected chi connectivity index (χ3v) is 5.73. The second-order valence-corrected chi connectivity index (χ2v) is 7.94. The van der Waals surface area contributed by atoms with Crippen LogP contribution in [0, 0.1) is 26.6 Å². The van der Waals surface area contributed by atoms with E-state index in [2.05, 4.69) is 53.3 Å². The number of nitrogens with zero attached hydrogens (tertiary/aromatic N) is 4. The number of anilines is 2. The molecule has 0 saturated carbocycles. The summed E-state index contributed by atoms with van der Waals surface area (Å²) in [4.78, 5) is 16.3. The summed E-state index contributed by atoms with van der Waals surface area (Å²) >= 11 is 0. The standard InChI is InChI=1S/C24H26FN5O/c1-16-13-18(3)21(14-17(16)2)22-7-8-23(28-27-22)29-9-11-30(12-10-29)24(31)26-20-6-4-5-19(25)15-20/h4-8,13-15H,9-12H2,1-3H3,(H,26,31). The molecular formula is C24H26FN5O. The van der Waals surface area contributed by atoms with Crippen molar-refractivity contribution in [1.82, 2.24) is 15.1 Å². The number of rotatable bonds is 3. The Labute approximate surface area is 181 Å². The number of hydrogen-bond acceptors (Lipinski definition) is 4. The maximum absolute atomic E-state index is 13.3. The topological polar surface area (TPSA) is 61.4 Å². The third kappa shape index (κ3) is 4.66. The highest BCUT2D eigenvalue weighted by molar-refractivity contribution is 5.89. The molecule has 3 aromatic rings. The van der Waals surface area contributed by atoms with Gasteiger partial charge in [-0.1, -0.05) is 12.1 Å². The van der Waals surface area contributed by atoms with Gasteiger partial charge in [-0.2, -0.15) is 0 Å². The van der Waals surface area contributed by atoms with E-state index >= 15 is 0 Å². The molecule has 1 aliphatic heterocycles. The normalized spacial score (nSPS) is 13.9. The summed E-state index contributed by atoms with van der Waals surface area (Å²) in [7, 11) is 0. The Balaban J connectivity index is 1.38. The predicted octanol–water partition coefficient (Wildman–Crippen LogP) is 4.56. The number of aryl methyl sites for hydroxylation is 3. The van der Waals surface area contributed by atoms with Gasteiger partial charge >= 0.3 is 6.03 Å². The van der Waals surface area contributed by atoms with E-state index in [0.29, 0.717) is 31.9 Å². The first-order chi connectivity index (χ1) is 14.9. The van der Waals surface area contributed by atoms with Crippen molar-refractivity contribution in [2.24, 2.45) is 0 Å². The van der Waals surface area contributed by atoms with Crippen LogP contribution >= 0.6 is 0 Å². The lowest BCUT2D eigenvalue weighted by Crippen LogP contribution is -2.50. The van der Waals surface area contributed by atoms with Crippen molar-refractivity contribution in [3.05, 3.63) is 71.0 Å². The van der Waals surface area contributed by atoms with Crippen molar-refractivity contribution in [2.75, 3.05) is 36.4 Å². The monoisotopic (exact) mass is 419 g/mol.